The maximum Gasteiger partial charge on any atom is 0.127 e. The van der Waals surface area contributed by atoms with Gasteiger partial charge in [-0.25, -0.2) is 4.39 Å². The number of halogens is 1. The van der Waals surface area contributed by atoms with Crippen molar-refractivity contribution in [2.45, 2.75) is 19.4 Å². The van der Waals surface area contributed by atoms with Crippen LogP contribution in [0.5, 0.6) is 0 Å². The molecule has 0 aliphatic heterocycles. The van der Waals surface area contributed by atoms with Crippen LogP contribution in [0.4, 0.5) is 4.39 Å². The molecule has 1 unspecified atom stereocenters. The molecule has 0 bridgehead atoms. The highest BCUT2D eigenvalue weighted by Crippen LogP contribution is 2.15. The molecule has 0 heterocycles. The van der Waals surface area contributed by atoms with Crippen LogP contribution in [0.1, 0.15) is 24.9 Å². The third-order valence-corrected chi connectivity index (χ3v) is 2.52. The second-order valence-corrected chi connectivity index (χ2v) is 3.89. The summed E-state index contributed by atoms with van der Waals surface area (Å²) in [4.78, 5) is 0. The Morgan fingerprint density at radius 3 is 2.82 bits per heavy atom. The Balaban J connectivity index is 2.21. The fraction of sp³-hybridized carbons (Fsp3) is 0.538. The summed E-state index contributed by atoms with van der Waals surface area (Å²) in [5.74, 6) is -0.177. The van der Waals surface area contributed by atoms with Gasteiger partial charge in [0.1, 0.15) is 5.82 Å². The number of hydrogen-bond donors (Lipinski definition) is 2. The monoisotopic (exact) mass is 241 g/mol. The highest BCUT2D eigenvalue weighted by Gasteiger charge is 2.08. The Morgan fingerprint density at radius 2 is 2.12 bits per heavy atom. The van der Waals surface area contributed by atoms with Crippen molar-refractivity contribution in [3.05, 3.63) is 35.6 Å². The minimum absolute atomic E-state index is 0.00552. The van der Waals surface area contributed by atoms with Crippen molar-refractivity contribution in [1.82, 2.24) is 5.32 Å². The number of nitrogens with one attached hydrogen (secondary N) is 1. The van der Waals surface area contributed by atoms with E-state index in [0.29, 0.717) is 18.8 Å². The fourth-order valence-corrected chi connectivity index (χ4v) is 1.60. The van der Waals surface area contributed by atoms with E-state index in [-0.39, 0.29) is 18.5 Å². The largest absolute Gasteiger partial charge is 0.394 e. The molecule has 0 saturated carbocycles. The van der Waals surface area contributed by atoms with Crippen LogP contribution in [0, 0.1) is 5.82 Å². The van der Waals surface area contributed by atoms with Crippen molar-refractivity contribution in [2.24, 2.45) is 0 Å². The Kier molecular flexibility index (Phi) is 6.77. The standard InChI is InChI=1S/C13H20FNO2/c1-11(12-5-2-3-6-13(12)14)15-7-4-9-17-10-8-16/h2-3,5-6,11,15-16H,4,7-10H2,1H3. The van der Waals surface area contributed by atoms with Crippen molar-refractivity contribution in [1.29, 1.82) is 0 Å². The summed E-state index contributed by atoms with van der Waals surface area (Å²) in [6.07, 6.45) is 0.846. The number of aliphatic hydroxyl groups excluding tert-OH is 1. The maximum atomic E-state index is 13.4. The molecular weight excluding hydrogens is 221 g/mol. The normalized spacial score (nSPS) is 12.6. The number of hydrogen-bond acceptors (Lipinski definition) is 3. The first-order valence-corrected chi connectivity index (χ1v) is 5.92. The van der Waals surface area contributed by atoms with E-state index in [1.165, 1.54) is 6.07 Å². The van der Waals surface area contributed by atoms with Crippen molar-refractivity contribution in [3.8, 4) is 0 Å². The SMILES string of the molecule is CC(NCCCOCCO)c1ccccc1F. The van der Waals surface area contributed by atoms with Crippen LogP contribution >= 0.6 is 0 Å². The summed E-state index contributed by atoms with van der Waals surface area (Å²) in [5.41, 5.74) is 0.684. The molecule has 3 nitrogen and oxygen atoms in total. The smallest absolute Gasteiger partial charge is 0.127 e. The number of benzene rings is 1. The van der Waals surface area contributed by atoms with E-state index >= 15 is 0 Å². The van der Waals surface area contributed by atoms with E-state index in [4.69, 9.17) is 9.84 Å². The van der Waals surface area contributed by atoms with Crippen LogP contribution in [-0.4, -0.2) is 31.5 Å². The van der Waals surface area contributed by atoms with Crippen LogP contribution in [0.15, 0.2) is 24.3 Å². The molecule has 2 N–H and O–H groups in total. The van der Waals surface area contributed by atoms with Crippen molar-refractivity contribution < 1.29 is 14.2 Å². The molecule has 0 radical (unpaired) electrons. The average Bonchev–Trinajstić information content (AvgIpc) is 2.34. The molecule has 96 valence electrons. The summed E-state index contributed by atoms with van der Waals surface area (Å²) in [5, 5.41) is 11.7. The second kappa shape index (κ2) is 8.17. The lowest BCUT2D eigenvalue weighted by Gasteiger charge is -2.14. The van der Waals surface area contributed by atoms with Crippen molar-refractivity contribution in [3.63, 3.8) is 0 Å². The average molecular weight is 241 g/mol. The van der Waals surface area contributed by atoms with Gasteiger partial charge in [0.05, 0.1) is 13.2 Å². The first-order valence-electron chi connectivity index (χ1n) is 5.92. The van der Waals surface area contributed by atoms with Gasteiger partial charge in [-0.15, -0.1) is 0 Å². The van der Waals surface area contributed by atoms with Gasteiger partial charge in [-0.2, -0.15) is 0 Å². The molecule has 0 aliphatic carbocycles. The van der Waals surface area contributed by atoms with E-state index in [1.807, 2.05) is 13.0 Å². The third-order valence-electron chi connectivity index (χ3n) is 2.52. The Bertz CT molecular complexity index is 320. The van der Waals surface area contributed by atoms with E-state index in [9.17, 15) is 4.39 Å². The molecule has 0 saturated heterocycles. The minimum atomic E-state index is -0.177. The van der Waals surface area contributed by atoms with Crippen molar-refractivity contribution in [2.75, 3.05) is 26.4 Å². The third kappa shape index (κ3) is 5.26. The highest BCUT2D eigenvalue weighted by molar-refractivity contribution is 5.20. The summed E-state index contributed by atoms with van der Waals surface area (Å²) in [6, 6.07) is 6.77. The van der Waals surface area contributed by atoms with Crippen LogP contribution in [-0.2, 0) is 4.74 Å². The molecule has 0 aromatic heterocycles. The van der Waals surface area contributed by atoms with Crippen LogP contribution in [0.25, 0.3) is 0 Å². The predicted molar refractivity (Wildman–Crippen MR) is 65.3 cm³/mol. The first kappa shape index (κ1) is 14.1. The molecule has 1 aromatic carbocycles. The molecular formula is C13H20FNO2. The predicted octanol–water partition coefficient (Wildman–Crippen LogP) is 1.88. The van der Waals surface area contributed by atoms with Gasteiger partial charge in [-0.05, 0) is 26.0 Å². The molecule has 0 fully saturated rings. The van der Waals surface area contributed by atoms with Crippen molar-refractivity contribution >= 4 is 0 Å². The molecule has 0 amide bonds. The van der Waals surface area contributed by atoms with Gasteiger partial charge >= 0.3 is 0 Å². The van der Waals surface area contributed by atoms with Gasteiger partial charge in [-0.1, -0.05) is 18.2 Å². The van der Waals surface area contributed by atoms with Gasteiger partial charge in [0.15, 0.2) is 0 Å². The highest BCUT2D eigenvalue weighted by atomic mass is 19.1. The number of rotatable bonds is 8. The minimum Gasteiger partial charge on any atom is -0.394 e. The zero-order valence-electron chi connectivity index (χ0n) is 10.2. The summed E-state index contributed by atoms with van der Waals surface area (Å²) in [6.45, 7) is 3.74. The van der Waals surface area contributed by atoms with Gasteiger partial charge in [0.2, 0.25) is 0 Å². The van der Waals surface area contributed by atoms with Gasteiger partial charge in [0, 0.05) is 18.2 Å². The summed E-state index contributed by atoms with van der Waals surface area (Å²) < 4.78 is 18.6. The maximum absolute atomic E-state index is 13.4. The topological polar surface area (TPSA) is 41.5 Å². The summed E-state index contributed by atoms with van der Waals surface area (Å²) in [7, 11) is 0. The quantitative estimate of drug-likeness (QED) is 0.683. The van der Waals surface area contributed by atoms with Gasteiger partial charge in [0.25, 0.3) is 0 Å². The number of ether oxygens (including phenoxy) is 1. The molecule has 0 aliphatic rings. The Morgan fingerprint density at radius 1 is 1.35 bits per heavy atom. The lowest BCUT2D eigenvalue weighted by molar-refractivity contribution is 0.0904. The summed E-state index contributed by atoms with van der Waals surface area (Å²) >= 11 is 0. The van der Waals surface area contributed by atoms with Crippen LogP contribution in [0.3, 0.4) is 0 Å². The fourth-order valence-electron chi connectivity index (χ4n) is 1.60. The molecule has 4 heteroatoms. The Labute approximate surface area is 102 Å². The van der Waals surface area contributed by atoms with E-state index in [2.05, 4.69) is 5.32 Å². The van der Waals surface area contributed by atoms with Crippen LogP contribution < -0.4 is 5.32 Å². The van der Waals surface area contributed by atoms with E-state index in [1.54, 1.807) is 12.1 Å². The van der Waals surface area contributed by atoms with E-state index < -0.39 is 0 Å². The lowest BCUT2D eigenvalue weighted by atomic mass is 10.1. The zero-order valence-corrected chi connectivity index (χ0v) is 10.2. The first-order chi connectivity index (χ1) is 8.25. The van der Waals surface area contributed by atoms with Crippen LogP contribution in [0.2, 0.25) is 0 Å². The lowest BCUT2D eigenvalue weighted by Crippen LogP contribution is -2.22. The van der Waals surface area contributed by atoms with E-state index in [0.717, 1.165) is 13.0 Å². The molecule has 0 spiro atoms. The zero-order chi connectivity index (χ0) is 12.5. The van der Waals surface area contributed by atoms with Gasteiger partial charge in [-0.3, -0.25) is 0 Å². The molecule has 1 rings (SSSR count). The second-order valence-electron chi connectivity index (χ2n) is 3.89. The Hall–Kier alpha value is -0.970. The molecule has 17 heavy (non-hydrogen) atoms. The molecule has 1 aromatic rings. The number of aliphatic hydroxyl groups is 1. The molecule has 1 atom stereocenters. The van der Waals surface area contributed by atoms with Gasteiger partial charge < -0.3 is 15.2 Å².